The molecule has 2 bridgehead atoms. The summed E-state index contributed by atoms with van der Waals surface area (Å²) in [6.07, 6.45) is 4.95. The highest BCUT2D eigenvalue weighted by atomic mass is 16.3. The number of nitrogen functional groups attached to an aromatic ring is 1. The van der Waals surface area contributed by atoms with Crippen LogP contribution in [0.5, 0.6) is 0 Å². The molecule has 2 atom stereocenters. The Hall–Kier alpha value is -1.49. The number of aliphatic hydroxyl groups is 1. The molecule has 5 heteroatoms. The van der Waals surface area contributed by atoms with Crippen molar-refractivity contribution in [3.05, 3.63) is 18.0 Å². The van der Waals surface area contributed by atoms with E-state index >= 15 is 0 Å². The third-order valence-corrected chi connectivity index (χ3v) is 4.19. The maximum Gasteiger partial charge on any atom is 0.271 e. The van der Waals surface area contributed by atoms with Crippen molar-refractivity contribution in [1.82, 2.24) is 9.47 Å². The molecular formula is C13H19N3O2. The van der Waals surface area contributed by atoms with Crippen LogP contribution in [0.3, 0.4) is 0 Å². The highest BCUT2D eigenvalue weighted by molar-refractivity contribution is 5.94. The summed E-state index contributed by atoms with van der Waals surface area (Å²) >= 11 is 0. The van der Waals surface area contributed by atoms with Crippen LogP contribution in [0.4, 0.5) is 5.69 Å². The third kappa shape index (κ3) is 1.70. The van der Waals surface area contributed by atoms with E-state index in [1.165, 1.54) is 0 Å². The molecule has 0 radical (unpaired) electrons. The summed E-state index contributed by atoms with van der Waals surface area (Å²) in [4.78, 5) is 14.5. The molecule has 18 heavy (non-hydrogen) atoms. The summed E-state index contributed by atoms with van der Waals surface area (Å²) in [5.41, 5.74) is 6.98. The number of rotatable bonds is 1. The van der Waals surface area contributed by atoms with Crippen LogP contribution in [0.2, 0.25) is 0 Å². The standard InChI is InChI=1S/C13H19N3O2/c1-15-7-8(14)4-12(15)13(18)16-9-2-3-10(16)6-11(17)5-9/h4,7,9-11,17H,2-3,5-6,14H2,1H3. The molecule has 2 unspecified atom stereocenters. The quantitative estimate of drug-likeness (QED) is 0.771. The number of nitrogens with two attached hydrogens (primary N) is 1. The van der Waals surface area contributed by atoms with Crippen molar-refractivity contribution in [2.45, 2.75) is 43.9 Å². The lowest BCUT2D eigenvalue weighted by Gasteiger charge is -2.37. The zero-order valence-corrected chi connectivity index (χ0v) is 10.5. The molecular weight excluding hydrogens is 230 g/mol. The Morgan fingerprint density at radius 2 is 2.00 bits per heavy atom. The first-order valence-corrected chi connectivity index (χ1v) is 6.49. The van der Waals surface area contributed by atoms with Gasteiger partial charge in [-0.3, -0.25) is 4.79 Å². The first kappa shape index (κ1) is 11.6. The molecule has 0 spiro atoms. The number of amides is 1. The summed E-state index contributed by atoms with van der Waals surface area (Å²) in [7, 11) is 1.84. The van der Waals surface area contributed by atoms with Crippen molar-refractivity contribution in [3.8, 4) is 0 Å². The van der Waals surface area contributed by atoms with Gasteiger partial charge in [0.15, 0.2) is 0 Å². The lowest BCUT2D eigenvalue weighted by Crippen LogP contribution is -2.48. The molecule has 2 aliphatic heterocycles. The molecule has 3 heterocycles. The summed E-state index contributed by atoms with van der Waals surface area (Å²) in [6, 6.07) is 2.12. The first-order valence-electron chi connectivity index (χ1n) is 6.49. The largest absolute Gasteiger partial charge is 0.397 e. The number of aryl methyl sites for hydroxylation is 1. The number of fused-ring (bicyclic) bond motifs is 2. The number of hydrogen-bond donors (Lipinski definition) is 2. The Morgan fingerprint density at radius 3 is 2.50 bits per heavy atom. The normalized spacial score (nSPS) is 30.8. The van der Waals surface area contributed by atoms with Gasteiger partial charge in [-0.05, 0) is 31.7 Å². The summed E-state index contributed by atoms with van der Waals surface area (Å²) in [6.45, 7) is 0. The number of hydrogen-bond acceptors (Lipinski definition) is 3. The number of aliphatic hydroxyl groups excluding tert-OH is 1. The Balaban J connectivity index is 1.88. The SMILES string of the molecule is Cn1cc(N)cc1C(=O)N1C2CCC1CC(O)C2. The van der Waals surface area contributed by atoms with E-state index in [-0.39, 0.29) is 24.1 Å². The van der Waals surface area contributed by atoms with Gasteiger partial charge in [-0.25, -0.2) is 0 Å². The van der Waals surface area contributed by atoms with E-state index in [9.17, 15) is 9.90 Å². The lowest BCUT2D eigenvalue weighted by atomic mass is 9.99. The Morgan fingerprint density at radius 1 is 1.39 bits per heavy atom. The predicted octanol–water partition coefficient (Wildman–Crippen LogP) is 0.735. The lowest BCUT2D eigenvalue weighted by molar-refractivity contribution is 0.0280. The molecule has 1 amide bonds. The van der Waals surface area contributed by atoms with Gasteiger partial charge in [0.1, 0.15) is 5.69 Å². The molecule has 1 aromatic heterocycles. The molecule has 0 saturated carbocycles. The van der Waals surface area contributed by atoms with Crippen LogP contribution in [-0.2, 0) is 7.05 Å². The summed E-state index contributed by atoms with van der Waals surface area (Å²) in [5, 5.41) is 9.76. The van der Waals surface area contributed by atoms with Crippen LogP contribution in [0.15, 0.2) is 12.3 Å². The van der Waals surface area contributed by atoms with E-state index in [4.69, 9.17) is 5.73 Å². The number of aromatic nitrogens is 1. The Labute approximate surface area is 106 Å². The van der Waals surface area contributed by atoms with Crippen molar-refractivity contribution in [3.63, 3.8) is 0 Å². The van der Waals surface area contributed by atoms with Gasteiger partial charge in [-0.2, -0.15) is 0 Å². The molecule has 5 nitrogen and oxygen atoms in total. The van der Waals surface area contributed by atoms with E-state index in [0.717, 1.165) is 12.8 Å². The Kier molecular flexibility index (Phi) is 2.59. The van der Waals surface area contributed by atoms with Gasteiger partial charge >= 0.3 is 0 Å². The van der Waals surface area contributed by atoms with Crippen LogP contribution in [0.1, 0.15) is 36.2 Å². The number of carbonyl (C=O) groups excluding carboxylic acids is 1. The monoisotopic (exact) mass is 249 g/mol. The van der Waals surface area contributed by atoms with Gasteiger partial charge < -0.3 is 20.3 Å². The van der Waals surface area contributed by atoms with E-state index < -0.39 is 0 Å². The molecule has 0 aromatic carbocycles. The number of anilines is 1. The molecule has 3 rings (SSSR count). The fourth-order valence-corrected chi connectivity index (χ4v) is 3.41. The zero-order valence-electron chi connectivity index (χ0n) is 10.5. The third-order valence-electron chi connectivity index (χ3n) is 4.19. The molecule has 2 aliphatic rings. The van der Waals surface area contributed by atoms with Crippen molar-refractivity contribution >= 4 is 11.6 Å². The van der Waals surface area contributed by atoms with E-state index in [0.29, 0.717) is 24.2 Å². The molecule has 2 fully saturated rings. The topological polar surface area (TPSA) is 71.5 Å². The van der Waals surface area contributed by atoms with Crippen LogP contribution in [0, 0.1) is 0 Å². The van der Waals surface area contributed by atoms with Gasteiger partial charge in [0.2, 0.25) is 0 Å². The molecule has 1 aromatic rings. The van der Waals surface area contributed by atoms with Gasteiger partial charge in [0.25, 0.3) is 5.91 Å². The zero-order chi connectivity index (χ0) is 12.9. The highest BCUT2D eigenvalue weighted by Crippen LogP contribution is 2.36. The minimum absolute atomic E-state index is 0.0496. The minimum atomic E-state index is -0.245. The average Bonchev–Trinajstić information content (AvgIpc) is 2.76. The molecule has 2 saturated heterocycles. The van der Waals surface area contributed by atoms with Crippen molar-refractivity contribution < 1.29 is 9.90 Å². The van der Waals surface area contributed by atoms with Crippen LogP contribution < -0.4 is 5.73 Å². The first-order chi connectivity index (χ1) is 8.56. The van der Waals surface area contributed by atoms with E-state index in [2.05, 4.69) is 0 Å². The second-order valence-corrected chi connectivity index (χ2v) is 5.49. The average molecular weight is 249 g/mol. The Bertz CT molecular complexity index is 469. The van der Waals surface area contributed by atoms with Crippen LogP contribution in [-0.4, -0.2) is 38.7 Å². The number of nitrogens with zero attached hydrogens (tertiary/aromatic N) is 2. The van der Waals surface area contributed by atoms with Crippen molar-refractivity contribution in [2.75, 3.05) is 5.73 Å². The fourth-order valence-electron chi connectivity index (χ4n) is 3.41. The van der Waals surface area contributed by atoms with Gasteiger partial charge in [-0.15, -0.1) is 0 Å². The van der Waals surface area contributed by atoms with Gasteiger partial charge in [0, 0.05) is 25.3 Å². The smallest absolute Gasteiger partial charge is 0.271 e. The minimum Gasteiger partial charge on any atom is -0.397 e. The molecule has 0 aliphatic carbocycles. The highest BCUT2D eigenvalue weighted by Gasteiger charge is 2.43. The van der Waals surface area contributed by atoms with Crippen molar-refractivity contribution in [2.24, 2.45) is 7.05 Å². The van der Waals surface area contributed by atoms with Crippen LogP contribution >= 0.6 is 0 Å². The second-order valence-electron chi connectivity index (χ2n) is 5.49. The molecule has 98 valence electrons. The summed E-state index contributed by atoms with van der Waals surface area (Å²) in [5.74, 6) is 0.0496. The van der Waals surface area contributed by atoms with Gasteiger partial charge in [0.05, 0.1) is 11.8 Å². The van der Waals surface area contributed by atoms with Crippen LogP contribution in [0.25, 0.3) is 0 Å². The van der Waals surface area contributed by atoms with E-state index in [1.54, 1.807) is 16.8 Å². The summed E-state index contributed by atoms with van der Waals surface area (Å²) < 4.78 is 1.78. The van der Waals surface area contributed by atoms with Gasteiger partial charge in [-0.1, -0.05) is 0 Å². The van der Waals surface area contributed by atoms with Crippen molar-refractivity contribution in [1.29, 1.82) is 0 Å². The predicted molar refractivity (Wildman–Crippen MR) is 68.0 cm³/mol. The molecule has 3 N–H and O–H groups in total. The van der Waals surface area contributed by atoms with E-state index in [1.807, 2.05) is 11.9 Å². The maximum absolute atomic E-state index is 12.6. The number of piperidine rings is 1. The second kappa shape index (κ2) is 4.02. The number of carbonyl (C=O) groups is 1. The fraction of sp³-hybridized carbons (Fsp3) is 0.615. The maximum atomic E-state index is 12.6.